The molecule has 1 amide bonds. The van der Waals surface area contributed by atoms with Crippen molar-refractivity contribution < 1.29 is 22.4 Å². The Morgan fingerprint density at radius 2 is 1.85 bits per heavy atom. The van der Waals surface area contributed by atoms with Gasteiger partial charge in [-0.05, 0) is 49.9 Å². The van der Waals surface area contributed by atoms with E-state index in [1.807, 2.05) is 0 Å². The number of rotatable bonds is 4. The van der Waals surface area contributed by atoms with Gasteiger partial charge in [-0.1, -0.05) is 6.07 Å². The maximum absolute atomic E-state index is 14.6. The van der Waals surface area contributed by atoms with Gasteiger partial charge >= 0.3 is 6.18 Å². The Kier molecular flexibility index (Phi) is 5.18. The fourth-order valence-corrected chi connectivity index (χ4v) is 4.28. The van der Waals surface area contributed by atoms with Crippen LogP contribution in [0.15, 0.2) is 42.7 Å². The van der Waals surface area contributed by atoms with Gasteiger partial charge in [-0.3, -0.25) is 14.3 Å². The molecular formula is C22H20F4N6O. The van der Waals surface area contributed by atoms with Crippen LogP contribution in [0.5, 0.6) is 0 Å². The van der Waals surface area contributed by atoms with Gasteiger partial charge in [-0.2, -0.15) is 18.3 Å². The fourth-order valence-electron chi connectivity index (χ4n) is 4.28. The number of hydrogen-bond donors (Lipinski definition) is 3. The van der Waals surface area contributed by atoms with Crippen molar-refractivity contribution >= 4 is 28.3 Å². The SMILES string of the molecule is O=C(N[C@H]1CC[C@@H](Nc2cccc3nc(C(F)(F)F)cn23)CC1)c1ccc2[nH]ncc2c1F. The number of H-pyrrole nitrogens is 1. The number of halogens is 4. The van der Waals surface area contributed by atoms with Crippen LogP contribution in [-0.4, -0.2) is 37.6 Å². The Bertz CT molecular complexity index is 1320. The van der Waals surface area contributed by atoms with E-state index >= 15 is 0 Å². The third-order valence-corrected chi connectivity index (χ3v) is 6.00. The Hall–Kier alpha value is -3.63. The summed E-state index contributed by atoms with van der Waals surface area (Å²) in [5.41, 5.74) is -0.240. The molecule has 0 atom stereocenters. The highest BCUT2D eigenvalue weighted by Crippen LogP contribution is 2.30. The lowest BCUT2D eigenvalue weighted by Crippen LogP contribution is -2.40. The summed E-state index contributed by atoms with van der Waals surface area (Å²) in [7, 11) is 0. The molecule has 7 nitrogen and oxygen atoms in total. The number of carbonyl (C=O) groups is 1. The molecule has 1 aliphatic carbocycles. The van der Waals surface area contributed by atoms with Gasteiger partial charge in [0.15, 0.2) is 5.69 Å². The van der Waals surface area contributed by atoms with Crippen molar-refractivity contribution in [2.75, 3.05) is 5.32 Å². The number of anilines is 1. The Morgan fingerprint density at radius 3 is 2.61 bits per heavy atom. The average Bonchev–Trinajstić information content (AvgIpc) is 3.43. The van der Waals surface area contributed by atoms with Crippen LogP contribution in [0.1, 0.15) is 41.7 Å². The summed E-state index contributed by atoms with van der Waals surface area (Å²) in [4.78, 5) is 16.2. The number of aromatic nitrogens is 4. The molecule has 1 fully saturated rings. The number of nitrogens with zero attached hydrogens (tertiary/aromatic N) is 3. The number of fused-ring (bicyclic) bond motifs is 2. The number of hydrogen-bond acceptors (Lipinski definition) is 4. The van der Waals surface area contributed by atoms with E-state index in [-0.39, 0.29) is 28.7 Å². The summed E-state index contributed by atoms with van der Waals surface area (Å²) in [6.45, 7) is 0. The molecule has 3 heterocycles. The smallest absolute Gasteiger partial charge is 0.368 e. The summed E-state index contributed by atoms with van der Waals surface area (Å²) in [5, 5.41) is 12.9. The van der Waals surface area contributed by atoms with E-state index < -0.39 is 23.6 Å². The molecule has 11 heteroatoms. The zero-order valence-corrected chi connectivity index (χ0v) is 17.3. The van der Waals surface area contributed by atoms with E-state index in [0.29, 0.717) is 37.0 Å². The highest BCUT2D eigenvalue weighted by atomic mass is 19.4. The first kappa shape index (κ1) is 21.2. The van der Waals surface area contributed by atoms with Gasteiger partial charge < -0.3 is 10.6 Å². The summed E-state index contributed by atoms with van der Waals surface area (Å²) in [5.74, 6) is -0.561. The third kappa shape index (κ3) is 4.10. The third-order valence-electron chi connectivity index (χ3n) is 6.00. The zero-order chi connectivity index (χ0) is 23.2. The Balaban J connectivity index is 1.22. The molecule has 0 radical (unpaired) electrons. The number of imidazole rings is 1. The second-order valence-corrected chi connectivity index (χ2v) is 8.19. The normalized spacial score (nSPS) is 19.2. The minimum absolute atomic E-state index is 0.0273. The quantitative estimate of drug-likeness (QED) is 0.391. The monoisotopic (exact) mass is 460 g/mol. The molecule has 1 aliphatic rings. The van der Waals surface area contributed by atoms with Crippen molar-refractivity contribution in [3.05, 3.63) is 59.8 Å². The van der Waals surface area contributed by atoms with Crippen LogP contribution < -0.4 is 10.6 Å². The van der Waals surface area contributed by atoms with Crippen molar-refractivity contribution in [1.29, 1.82) is 0 Å². The van der Waals surface area contributed by atoms with Crippen LogP contribution in [0.2, 0.25) is 0 Å². The number of nitrogens with one attached hydrogen (secondary N) is 3. The van der Waals surface area contributed by atoms with E-state index in [9.17, 15) is 22.4 Å². The lowest BCUT2D eigenvalue weighted by atomic mass is 9.91. The average molecular weight is 460 g/mol. The van der Waals surface area contributed by atoms with Crippen LogP contribution in [0.25, 0.3) is 16.6 Å². The minimum atomic E-state index is -4.51. The summed E-state index contributed by atoms with van der Waals surface area (Å²) >= 11 is 0. The Labute approximate surface area is 185 Å². The summed E-state index contributed by atoms with van der Waals surface area (Å²) < 4.78 is 55.0. The predicted molar refractivity (Wildman–Crippen MR) is 113 cm³/mol. The first-order valence-electron chi connectivity index (χ1n) is 10.5. The maximum Gasteiger partial charge on any atom is 0.434 e. The molecule has 0 unspecified atom stereocenters. The predicted octanol–water partition coefficient (Wildman–Crippen LogP) is 4.52. The first-order valence-corrected chi connectivity index (χ1v) is 10.5. The first-order chi connectivity index (χ1) is 15.8. The number of alkyl halides is 3. The number of aromatic amines is 1. The molecule has 1 saturated carbocycles. The minimum Gasteiger partial charge on any atom is -0.368 e. The van der Waals surface area contributed by atoms with E-state index in [2.05, 4.69) is 25.8 Å². The molecule has 0 spiro atoms. The highest BCUT2D eigenvalue weighted by Gasteiger charge is 2.34. The van der Waals surface area contributed by atoms with Gasteiger partial charge in [0.1, 0.15) is 17.3 Å². The van der Waals surface area contributed by atoms with Gasteiger partial charge in [-0.15, -0.1) is 0 Å². The largest absolute Gasteiger partial charge is 0.434 e. The van der Waals surface area contributed by atoms with Crippen molar-refractivity contribution in [1.82, 2.24) is 24.9 Å². The molecule has 3 aromatic heterocycles. The molecule has 3 N–H and O–H groups in total. The molecule has 1 aromatic carbocycles. The van der Waals surface area contributed by atoms with E-state index in [1.165, 1.54) is 22.7 Å². The molecule has 4 aromatic rings. The van der Waals surface area contributed by atoms with Crippen LogP contribution >= 0.6 is 0 Å². The van der Waals surface area contributed by atoms with Gasteiger partial charge in [0.2, 0.25) is 0 Å². The van der Waals surface area contributed by atoms with Crippen molar-refractivity contribution in [3.63, 3.8) is 0 Å². The van der Waals surface area contributed by atoms with Crippen molar-refractivity contribution in [3.8, 4) is 0 Å². The van der Waals surface area contributed by atoms with Crippen LogP contribution in [0.3, 0.4) is 0 Å². The van der Waals surface area contributed by atoms with E-state index in [1.54, 1.807) is 18.2 Å². The lowest BCUT2D eigenvalue weighted by molar-refractivity contribution is -0.140. The number of pyridine rings is 1. The van der Waals surface area contributed by atoms with E-state index in [0.717, 1.165) is 6.20 Å². The topological polar surface area (TPSA) is 87.1 Å². The van der Waals surface area contributed by atoms with Gasteiger partial charge in [0, 0.05) is 18.3 Å². The number of carbonyl (C=O) groups excluding carboxylic acids is 1. The zero-order valence-electron chi connectivity index (χ0n) is 17.3. The molecule has 0 bridgehead atoms. The van der Waals surface area contributed by atoms with Gasteiger partial charge in [0.05, 0.1) is 22.7 Å². The molecule has 0 aliphatic heterocycles. The summed E-state index contributed by atoms with van der Waals surface area (Å²) in [6.07, 6.45) is 0.531. The Morgan fingerprint density at radius 1 is 1.09 bits per heavy atom. The highest BCUT2D eigenvalue weighted by molar-refractivity contribution is 5.98. The molecule has 0 saturated heterocycles. The van der Waals surface area contributed by atoms with Crippen LogP contribution in [-0.2, 0) is 6.18 Å². The second kappa shape index (κ2) is 8.05. The maximum atomic E-state index is 14.6. The second-order valence-electron chi connectivity index (χ2n) is 8.19. The van der Waals surface area contributed by atoms with E-state index in [4.69, 9.17) is 0 Å². The summed E-state index contributed by atoms with van der Waals surface area (Å²) in [6, 6.07) is 7.84. The van der Waals surface area contributed by atoms with Gasteiger partial charge in [-0.25, -0.2) is 9.37 Å². The van der Waals surface area contributed by atoms with Crippen molar-refractivity contribution in [2.45, 2.75) is 43.9 Å². The van der Waals surface area contributed by atoms with Gasteiger partial charge in [0.25, 0.3) is 5.91 Å². The number of benzene rings is 1. The molecule has 33 heavy (non-hydrogen) atoms. The van der Waals surface area contributed by atoms with Crippen molar-refractivity contribution in [2.24, 2.45) is 0 Å². The standard InChI is InChI=1S/C22H20F4N6O/c23-20-14(8-9-16-15(20)10-27-31-16)21(33)29-13-6-4-12(5-7-13)28-18-2-1-3-19-30-17(11-32(18)19)22(24,25)26/h1-3,8-13,28H,4-7H2,(H,27,31)(H,29,33)/t12-,13+. The number of amides is 1. The molecule has 5 rings (SSSR count). The fraction of sp³-hybridized carbons (Fsp3) is 0.318. The molecule has 172 valence electrons. The molecular weight excluding hydrogens is 440 g/mol. The lowest BCUT2D eigenvalue weighted by Gasteiger charge is -2.30. The van der Waals surface area contributed by atoms with Crippen LogP contribution in [0, 0.1) is 5.82 Å². The van der Waals surface area contributed by atoms with Crippen LogP contribution in [0.4, 0.5) is 23.4 Å².